The number of rotatable bonds is 10. The van der Waals surface area contributed by atoms with E-state index in [4.69, 9.17) is 4.74 Å². The lowest BCUT2D eigenvalue weighted by Gasteiger charge is -2.18. The van der Waals surface area contributed by atoms with E-state index in [2.05, 4.69) is 26.6 Å². The molecule has 0 saturated carbocycles. The van der Waals surface area contributed by atoms with Gasteiger partial charge >= 0.3 is 0 Å². The Morgan fingerprint density at radius 2 is 1.81 bits per heavy atom. The summed E-state index contributed by atoms with van der Waals surface area (Å²) in [5, 5.41) is 5.67. The zero-order chi connectivity index (χ0) is 19.5. The third kappa shape index (κ3) is 7.27. The van der Waals surface area contributed by atoms with E-state index in [-0.39, 0.29) is 11.8 Å². The molecular weight excluding hydrogens is 428 g/mol. The molecule has 0 aromatic heterocycles. The smallest absolute Gasteiger partial charge is 0.253 e. The van der Waals surface area contributed by atoms with Crippen LogP contribution in [0.4, 0.5) is 0 Å². The highest BCUT2D eigenvalue weighted by molar-refractivity contribution is 9.10. The zero-order valence-corrected chi connectivity index (χ0v) is 17.5. The first-order valence-corrected chi connectivity index (χ1v) is 10.8. The predicted octanol–water partition coefficient (Wildman–Crippen LogP) is 3.50. The highest BCUT2D eigenvalue weighted by Crippen LogP contribution is 2.16. The second-order valence-electron chi connectivity index (χ2n) is 5.74. The van der Waals surface area contributed by atoms with Crippen LogP contribution in [0.15, 0.2) is 59.1 Å². The van der Waals surface area contributed by atoms with Gasteiger partial charge in [-0.1, -0.05) is 30.3 Å². The molecular formula is C20H23BrN2O3S. The minimum Gasteiger partial charge on any atom is -0.492 e. The van der Waals surface area contributed by atoms with Crippen LogP contribution in [0.2, 0.25) is 0 Å². The van der Waals surface area contributed by atoms with Crippen LogP contribution < -0.4 is 15.4 Å². The molecule has 0 aliphatic carbocycles. The number of hydrogen-bond donors (Lipinski definition) is 2. The van der Waals surface area contributed by atoms with Crippen molar-refractivity contribution in [3.8, 4) is 5.75 Å². The van der Waals surface area contributed by atoms with Gasteiger partial charge in [0, 0.05) is 4.47 Å². The van der Waals surface area contributed by atoms with Crippen LogP contribution in [0, 0.1) is 0 Å². The molecule has 5 nitrogen and oxygen atoms in total. The van der Waals surface area contributed by atoms with Crippen LogP contribution >= 0.6 is 27.7 Å². The van der Waals surface area contributed by atoms with Gasteiger partial charge in [-0.05, 0) is 58.6 Å². The van der Waals surface area contributed by atoms with Gasteiger partial charge in [0.1, 0.15) is 18.4 Å². The number of hydrogen-bond acceptors (Lipinski definition) is 4. The maximum atomic E-state index is 12.5. The van der Waals surface area contributed by atoms with Gasteiger partial charge in [-0.3, -0.25) is 9.59 Å². The average Bonchev–Trinajstić information content (AvgIpc) is 2.69. The summed E-state index contributed by atoms with van der Waals surface area (Å²) in [4.78, 5) is 25.0. The molecule has 7 heteroatoms. The van der Waals surface area contributed by atoms with Crippen molar-refractivity contribution in [3.05, 3.63) is 64.6 Å². The van der Waals surface area contributed by atoms with E-state index in [1.54, 1.807) is 30.0 Å². The van der Waals surface area contributed by atoms with E-state index in [9.17, 15) is 9.59 Å². The predicted molar refractivity (Wildman–Crippen MR) is 113 cm³/mol. The molecule has 1 unspecified atom stereocenters. The van der Waals surface area contributed by atoms with Crippen molar-refractivity contribution in [1.82, 2.24) is 10.6 Å². The molecule has 2 N–H and O–H groups in total. The van der Waals surface area contributed by atoms with Gasteiger partial charge < -0.3 is 15.4 Å². The first-order chi connectivity index (χ1) is 13.1. The number of para-hydroxylation sites is 1. The molecule has 0 aliphatic heterocycles. The fourth-order valence-electron chi connectivity index (χ4n) is 2.37. The van der Waals surface area contributed by atoms with Crippen LogP contribution in [0.25, 0.3) is 0 Å². The molecule has 0 spiro atoms. The molecule has 144 valence electrons. The third-order valence-electron chi connectivity index (χ3n) is 3.76. The monoisotopic (exact) mass is 450 g/mol. The first kappa shape index (κ1) is 21.3. The van der Waals surface area contributed by atoms with E-state index in [1.807, 2.05) is 42.7 Å². The summed E-state index contributed by atoms with van der Waals surface area (Å²) in [5.41, 5.74) is 0.506. The summed E-state index contributed by atoms with van der Waals surface area (Å²) in [5.74, 6) is 1.05. The normalized spacial score (nSPS) is 11.5. The molecule has 2 aromatic carbocycles. The molecule has 2 amide bonds. The number of amides is 2. The van der Waals surface area contributed by atoms with Gasteiger partial charge in [-0.15, -0.1) is 0 Å². The number of benzene rings is 2. The highest BCUT2D eigenvalue weighted by Gasteiger charge is 2.21. The second kappa shape index (κ2) is 11.7. The maximum absolute atomic E-state index is 12.5. The fourth-order valence-corrected chi connectivity index (χ4v) is 3.31. The summed E-state index contributed by atoms with van der Waals surface area (Å²) in [6.45, 7) is 0.734. The Hall–Kier alpha value is -1.99. The average molecular weight is 451 g/mol. The van der Waals surface area contributed by atoms with Gasteiger partial charge in [0.25, 0.3) is 5.91 Å². The van der Waals surface area contributed by atoms with E-state index in [0.29, 0.717) is 29.6 Å². The Bertz CT molecular complexity index is 743. The summed E-state index contributed by atoms with van der Waals surface area (Å²) < 4.78 is 6.27. The highest BCUT2D eigenvalue weighted by atomic mass is 79.9. The van der Waals surface area contributed by atoms with Crippen molar-refractivity contribution >= 4 is 39.5 Å². The molecule has 0 heterocycles. The molecule has 0 radical (unpaired) electrons. The zero-order valence-electron chi connectivity index (χ0n) is 15.1. The Morgan fingerprint density at radius 3 is 2.52 bits per heavy atom. The minimum absolute atomic E-state index is 0.207. The topological polar surface area (TPSA) is 67.4 Å². The first-order valence-electron chi connectivity index (χ1n) is 8.61. The Kier molecular flexibility index (Phi) is 9.21. The molecule has 2 rings (SSSR count). The number of carbonyl (C=O) groups is 2. The lowest BCUT2D eigenvalue weighted by Crippen LogP contribution is -2.48. The molecule has 0 saturated heterocycles. The number of thioether (sulfide) groups is 1. The second-order valence-corrected chi connectivity index (χ2v) is 7.58. The standard InChI is InChI=1S/C20H23BrN2O3S/c1-27-14-11-18(23-19(24)16-9-5-6-10-17(16)21)20(25)22-12-13-26-15-7-3-2-4-8-15/h2-10,18H,11-14H2,1H3,(H,22,25)(H,23,24). The van der Waals surface area contributed by atoms with Crippen LogP contribution in [0.5, 0.6) is 5.75 Å². The largest absolute Gasteiger partial charge is 0.492 e. The van der Waals surface area contributed by atoms with E-state index in [0.717, 1.165) is 11.5 Å². The van der Waals surface area contributed by atoms with Crippen molar-refractivity contribution in [1.29, 1.82) is 0 Å². The summed E-state index contributed by atoms with van der Waals surface area (Å²) in [7, 11) is 0. The summed E-state index contributed by atoms with van der Waals surface area (Å²) >= 11 is 5.00. The quantitative estimate of drug-likeness (QED) is 0.543. The molecule has 27 heavy (non-hydrogen) atoms. The number of nitrogens with one attached hydrogen (secondary N) is 2. The fraction of sp³-hybridized carbons (Fsp3) is 0.300. The lowest BCUT2D eigenvalue weighted by atomic mass is 10.1. The van der Waals surface area contributed by atoms with Crippen molar-refractivity contribution in [2.45, 2.75) is 12.5 Å². The molecule has 0 aliphatic rings. The molecule has 0 fully saturated rings. The summed E-state index contributed by atoms with van der Waals surface area (Å²) in [6.07, 6.45) is 2.53. The van der Waals surface area contributed by atoms with Gasteiger partial charge in [0.2, 0.25) is 5.91 Å². The lowest BCUT2D eigenvalue weighted by molar-refractivity contribution is -0.123. The van der Waals surface area contributed by atoms with Crippen molar-refractivity contribution in [2.75, 3.05) is 25.2 Å². The van der Waals surface area contributed by atoms with Crippen LogP contribution in [0.1, 0.15) is 16.8 Å². The van der Waals surface area contributed by atoms with Gasteiger partial charge in [-0.2, -0.15) is 11.8 Å². The Balaban J connectivity index is 1.87. The maximum Gasteiger partial charge on any atom is 0.253 e. The van der Waals surface area contributed by atoms with Crippen LogP contribution in [0.3, 0.4) is 0 Å². The third-order valence-corrected chi connectivity index (χ3v) is 5.10. The van der Waals surface area contributed by atoms with Crippen molar-refractivity contribution in [2.24, 2.45) is 0 Å². The number of ether oxygens (including phenoxy) is 1. The van der Waals surface area contributed by atoms with Crippen molar-refractivity contribution < 1.29 is 14.3 Å². The summed E-state index contributed by atoms with van der Waals surface area (Å²) in [6, 6.07) is 16.0. The van der Waals surface area contributed by atoms with Crippen LogP contribution in [-0.4, -0.2) is 43.0 Å². The van der Waals surface area contributed by atoms with E-state index < -0.39 is 6.04 Å². The number of halogens is 1. The Labute approximate surface area is 172 Å². The SMILES string of the molecule is CSCCC(NC(=O)c1ccccc1Br)C(=O)NCCOc1ccccc1. The minimum atomic E-state index is -0.589. The number of carbonyl (C=O) groups excluding carboxylic acids is 2. The van der Waals surface area contributed by atoms with Crippen LogP contribution in [-0.2, 0) is 4.79 Å². The van der Waals surface area contributed by atoms with Gasteiger partial charge in [0.05, 0.1) is 12.1 Å². The van der Waals surface area contributed by atoms with Gasteiger partial charge in [0.15, 0.2) is 0 Å². The van der Waals surface area contributed by atoms with E-state index in [1.165, 1.54) is 0 Å². The molecule has 1 atom stereocenters. The Morgan fingerprint density at radius 1 is 1.11 bits per heavy atom. The molecule has 2 aromatic rings. The molecule has 0 bridgehead atoms. The van der Waals surface area contributed by atoms with Crippen molar-refractivity contribution in [3.63, 3.8) is 0 Å². The van der Waals surface area contributed by atoms with E-state index >= 15 is 0 Å². The van der Waals surface area contributed by atoms with Gasteiger partial charge in [-0.25, -0.2) is 0 Å².